The highest BCUT2D eigenvalue weighted by molar-refractivity contribution is 5.85. The molecule has 2 bridgehead atoms. The van der Waals surface area contributed by atoms with E-state index < -0.39 is 0 Å². The van der Waals surface area contributed by atoms with E-state index in [2.05, 4.69) is 17.6 Å². The zero-order valence-corrected chi connectivity index (χ0v) is 14.7. The largest absolute Gasteiger partial charge is 0.496 e. The third-order valence-electron chi connectivity index (χ3n) is 5.00. The number of rotatable bonds is 5. The molecule has 2 aliphatic rings. The molecule has 2 saturated heterocycles. The Hall–Kier alpha value is -1.26. The van der Waals surface area contributed by atoms with Gasteiger partial charge in [0.15, 0.2) is 0 Å². The topological polar surface area (TPSA) is 50.4 Å². The standard InChI is InChI=1S/C18H26N2O2.ClH/c1-12(16-5-3-4-6-17(16)22-2)9-18(21)20-15-10-13-7-8-14(11-15)19-13;/h3-6,12-15,19H,7-11H2,1-2H3,(H,20,21);1H. The Morgan fingerprint density at radius 1 is 1.30 bits per heavy atom. The number of hydrogen-bond donors (Lipinski definition) is 2. The Kier molecular flexibility index (Phi) is 6.31. The lowest BCUT2D eigenvalue weighted by Gasteiger charge is -2.30. The van der Waals surface area contributed by atoms with Crippen molar-refractivity contribution >= 4 is 18.3 Å². The summed E-state index contributed by atoms with van der Waals surface area (Å²) in [5.74, 6) is 1.18. The predicted octanol–water partition coefficient (Wildman–Crippen LogP) is 3.01. The fraction of sp³-hybridized carbons (Fsp3) is 0.611. The molecule has 0 saturated carbocycles. The first-order valence-corrected chi connectivity index (χ1v) is 8.34. The first kappa shape index (κ1) is 18.1. The van der Waals surface area contributed by atoms with E-state index in [1.54, 1.807) is 7.11 Å². The maximum absolute atomic E-state index is 12.4. The zero-order chi connectivity index (χ0) is 15.5. The summed E-state index contributed by atoms with van der Waals surface area (Å²) in [5.41, 5.74) is 1.10. The molecule has 2 N–H and O–H groups in total. The van der Waals surface area contributed by atoms with Crippen LogP contribution in [0, 0.1) is 0 Å². The first-order valence-electron chi connectivity index (χ1n) is 8.34. The average Bonchev–Trinajstić information content (AvgIpc) is 2.85. The highest BCUT2D eigenvalue weighted by atomic mass is 35.5. The molecule has 2 heterocycles. The molecule has 1 amide bonds. The molecular formula is C18H27ClN2O2. The highest BCUT2D eigenvalue weighted by Gasteiger charge is 2.34. The fourth-order valence-corrected chi connectivity index (χ4v) is 3.92. The van der Waals surface area contributed by atoms with Crippen molar-refractivity contribution in [3.05, 3.63) is 29.8 Å². The van der Waals surface area contributed by atoms with Crippen molar-refractivity contribution in [2.75, 3.05) is 7.11 Å². The Bertz CT molecular complexity index is 526. The van der Waals surface area contributed by atoms with E-state index in [-0.39, 0.29) is 24.2 Å². The lowest BCUT2D eigenvalue weighted by molar-refractivity contribution is -0.122. The maximum Gasteiger partial charge on any atom is 0.220 e. The zero-order valence-electron chi connectivity index (χ0n) is 13.9. The number of amides is 1. The Balaban J connectivity index is 0.00000192. The number of carbonyl (C=O) groups is 1. The van der Waals surface area contributed by atoms with Gasteiger partial charge in [0.25, 0.3) is 0 Å². The summed E-state index contributed by atoms with van der Waals surface area (Å²) in [6, 6.07) is 9.51. The molecular weight excluding hydrogens is 312 g/mol. The molecule has 5 heteroatoms. The van der Waals surface area contributed by atoms with Crippen molar-refractivity contribution in [3.8, 4) is 5.75 Å². The second kappa shape index (κ2) is 8.02. The lowest BCUT2D eigenvalue weighted by Crippen LogP contribution is -2.48. The van der Waals surface area contributed by atoms with E-state index in [9.17, 15) is 4.79 Å². The van der Waals surface area contributed by atoms with Crippen LogP contribution in [-0.2, 0) is 4.79 Å². The average molecular weight is 339 g/mol. The second-order valence-electron chi connectivity index (χ2n) is 6.72. The van der Waals surface area contributed by atoms with Crippen molar-refractivity contribution in [3.63, 3.8) is 0 Å². The van der Waals surface area contributed by atoms with E-state index in [4.69, 9.17) is 4.74 Å². The van der Waals surface area contributed by atoms with Crippen molar-refractivity contribution in [1.29, 1.82) is 0 Å². The van der Waals surface area contributed by atoms with E-state index >= 15 is 0 Å². The smallest absolute Gasteiger partial charge is 0.220 e. The van der Waals surface area contributed by atoms with E-state index in [0.29, 0.717) is 24.5 Å². The Morgan fingerprint density at radius 2 is 1.96 bits per heavy atom. The van der Waals surface area contributed by atoms with Gasteiger partial charge in [0.05, 0.1) is 7.11 Å². The molecule has 4 nitrogen and oxygen atoms in total. The van der Waals surface area contributed by atoms with Gasteiger partial charge in [-0.05, 0) is 43.2 Å². The molecule has 1 aromatic rings. The minimum atomic E-state index is 0. The number of nitrogens with one attached hydrogen (secondary N) is 2. The Labute approximate surface area is 144 Å². The van der Waals surface area contributed by atoms with E-state index in [1.165, 1.54) is 12.8 Å². The molecule has 0 aliphatic carbocycles. The highest BCUT2D eigenvalue weighted by Crippen LogP contribution is 2.29. The molecule has 0 aromatic heterocycles. The molecule has 23 heavy (non-hydrogen) atoms. The normalized spacial score (nSPS) is 27.0. The van der Waals surface area contributed by atoms with Crippen molar-refractivity contribution in [1.82, 2.24) is 10.6 Å². The van der Waals surface area contributed by atoms with Crippen LogP contribution in [0.4, 0.5) is 0 Å². The number of para-hydroxylation sites is 1. The SMILES string of the molecule is COc1ccccc1C(C)CC(=O)NC1CC2CCC(C1)N2.Cl. The third-order valence-corrected chi connectivity index (χ3v) is 5.00. The third kappa shape index (κ3) is 4.39. The van der Waals surface area contributed by atoms with Crippen LogP contribution in [0.3, 0.4) is 0 Å². The van der Waals surface area contributed by atoms with Crippen molar-refractivity contribution in [2.24, 2.45) is 0 Å². The minimum Gasteiger partial charge on any atom is -0.496 e. The number of ether oxygens (including phenoxy) is 1. The van der Waals surface area contributed by atoms with Gasteiger partial charge in [0.1, 0.15) is 5.75 Å². The summed E-state index contributed by atoms with van der Waals surface area (Å²) >= 11 is 0. The van der Waals surface area contributed by atoms with Crippen LogP contribution in [0.2, 0.25) is 0 Å². The molecule has 2 fully saturated rings. The molecule has 2 aliphatic heterocycles. The summed E-state index contributed by atoms with van der Waals surface area (Å²) in [4.78, 5) is 12.4. The van der Waals surface area contributed by atoms with Crippen LogP contribution in [0.15, 0.2) is 24.3 Å². The van der Waals surface area contributed by atoms with Gasteiger partial charge in [-0.2, -0.15) is 0 Å². The maximum atomic E-state index is 12.4. The second-order valence-corrected chi connectivity index (χ2v) is 6.72. The number of halogens is 1. The van der Waals surface area contributed by atoms with E-state index in [1.807, 2.05) is 24.3 Å². The van der Waals surface area contributed by atoms with Crippen LogP contribution in [0.1, 0.15) is 50.5 Å². The number of carbonyl (C=O) groups excluding carboxylic acids is 1. The van der Waals surface area contributed by atoms with Gasteiger partial charge >= 0.3 is 0 Å². The van der Waals surface area contributed by atoms with Crippen LogP contribution < -0.4 is 15.4 Å². The molecule has 0 radical (unpaired) electrons. The molecule has 0 spiro atoms. The van der Waals surface area contributed by atoms with Gasteiger partial charge in [0.2, 0.25) is 5.91 Å². The molecule has 1 aromatic carbocycles. The van der Waals surface area contributed by atoms with Crippen LogP contribution >= 0.6 is 12.4 Å². The van der Waals surface area contributed by atoms with Gasteiger partial charge < -0.3 is 15.4 Å². The first-order chi connectivity index (χ1) is 10.7. The molecule has 128 valence electrons. The van der Waals surface area contributed by atoms with Crippen molar-refractivity contribution < 1.29 is 9.53 Å². The summed E-state index contributed by atoms with van der Waals surface area (Å²) in [6.07, 6.45) is 5.18. The van der Waals surface area contributed by atoms with Crippen LogP contribution in [0.5, 0.6) is 5.75 Å². The minimum absolute atomic E-state index is 0. The summed E-state index contributed by atoms with van der Waals surface area (Å²) in [5, 5.41) is 6.85. The van der Waals surface area contributed by atoms with Gasteiger partial charge in [0, 0.05) is 24.5 Å². The van der Waals surface area contributed by atoms with Gasteiger partial charge in [-0.25, -0.2) is 0 Å². The number of piperidine rings is 1. The van der Waals surface area contributed by atoms with Gasteiger partial charge in [-0.1, -0.05) is 25.1 Å². The van der Waals surface area contributed by atoms with Crippen LogP contribution in [-0.4, -0.2) is 31.1 Å². The summed E-state index contributed by atoms with van der Waals surface area (Å²) in [7, 11) is 1.68. The van der Waals surface area contributed by atoms with Gasteiger partial charge in [-0.3, -0.25) is 4.79 Å². The molecule has 3 unspecified atom stereocenters. The number of hydrogen-bond acceptors (Lipinski definition) is 3. The number of benzene rings is 1. The summed E-state index contributed by atoms with van der Waals surface area (Å²) in [6.45, 7) is 2.09. The van der Waals surface area contributed by atoms with Crippen molar-refractivity contribution in [2.45, 2.75) is 63.1 Å². The quantitative estimate of drug-likeness (QED) is 0.867. The van der Waals surface area contributed by atoms with Gasteiger partial charge in [-0.15, -0.1) is 12.4 Å². The predicted molar refractivity (Wildman–Crippen MR) is 94.4 cm³/mol. The Morgan fingerprint density at radius 3 is 2.61 bits per heavy atom. The van der Waals surface area contributed by atoms with E-state index in [0.717, 1.165) is 24.2 Å². The molecule has 3 atom stereocenters. The number of fused-ring (bicyclic) bond motifs is 2. The summed E-state index contributed by atoms with van der Waals surface area (Å²) < 4.78 is 5.39. The molecule has 3 rings (SSSR count). The lowest BCUT2D eigenvalue weighted by atomic mass is 9.95. The number of methoxy groups -OCH3 is 1. The van der Waals surface area contributed by atoms with Crippen LogP contribution in [0.25, 0.3) is 0 Å². The fourth-order valence-electron chi connectivity index (χ4n) is 3.92. The monoisotopic (exact) mass is 338 g/mol.